The van der Waals surface area contributed by atoms with E-state index >= 15 is 0 Å². The molecule has 0 saturated heterocycles. The van der Waals surface area contributed by atoms with Crippen LogP contribution in [0.3, 0.4) is 0 Å². The number of carbonyl (C=O) groups excluding carboxylic acids is 1. The first-order valence-corrected chi connectivity index (χ1v) is 13.8. The number of aromatic hydroxyl groups is 2. The quantitative estimate of drug-likeness (QED) is 0.103. The van der Waals surface area contributed by atoms with E-state index in [9.17, 15) is 15.0 Å². The molecule has 0 aliphatic rings. The molecule has 0 spiro atoms. The predicted octanol–water partition coefficient (Wildman–Crippen LogP) is 8.62. The monoisotopic (exact) mass is 462 g/mol. The average Bonchev–Trinajstić information content (AvgIpc) is 2.80. The third kappa shape index (κ3) is 17.4. The molecule has 0 amide bonds. The van der Waals surface area contributed by atoms with Crippen LogP contribution in [0.5, 0.6) is 11.5 Å². The van der Waals surface area contributed by atoms with Gasteiger partial charge >= 0.3 is 5.97 Å². The fraction of sp³-hybridized carbons (Fsp3) is 0.759. The summed E-state index contributed by atoms with van der Waals surface area (Å²) < 4.78 is 5.27. The van der Waals surface area contributed by atoms with Gasteiger partial charge in [0.1, 0.15) is 0 Å². The van der Waals surface area contributed by atoms with E-state index in [1.807, 2.05) is 0 Å². The molecule has 33 heavy (non-hydrogen) atoms. The molecule has 0 aliphatic heterocycles. The lowest BCUT2D eigenvalue weighted by molar-refractivity contribution is -0.142. The Morgan fingerprint density at radius 1 is 0.636 bits per heavy atom. The Morgan fingerprint density at radius 2 is 1.06 bits per heavy atom. The molecule has 0 radical (unpaired) electrons. The van der Waals surface area contributed by atoms with E-state index in [0.29, 0.717) is 12.2 Å². The molecular formula is C29H50O4. The number of carbonyl (C=O) groups is 1. The maximum Gasteiger partial charge on any atom is 0.310 e. The number of phenolic OH excluding ortho intramolecular Hbond substituents is 2. The van der Waals surface area contributed by atoms with E-state index in [1.54, 1.807) is 6.07 Å². The number of rotatable bonds is 22. The van der Waals surface area contributed by atoms with Crippen LogP contribution in [-0.4, -0.2) is 22.8 Å². The zero-order valence-electron chi connectivity index (χ0n) is 21.3. The van der Waals surface area contributed by atoms with Gasteiger partial charge < -0.3 is 14.9 Å². The molecule has 1 aromatic rings. The minimum atomic E-state index is -0.289. The molecule has 0 heterocycles. The summed E-state index contributed by atoms with van der Waals surface area (Å²) in [7, 11) is 0. The molecule has 1 aromatic carbocycles. The molecule has 2 N–H and O–H groups in total. The highest BCUT2D eigenvalue weighted by Gasteiger charge is 2.07. The molecule has 4 heteroatoms. The number of hydrogen-bond acceptors (Lipinski definition) is 4. The summed E-state index contributed by atoms with van der Waals surface area (Å²) in [5.74, 6) is -0.678. The lowest BCUT2D eigenvalue weighted by Crippen LogP contribution is -2.09. The van der Waals surface area contributed by atoms with Crippen LogP contribution in [0.2, 0.25) is 0 Å². The maximum atomic E-state index is 11.8. The Balaban J connectivity index is 1.77. The predicted molar refractivity (Wildman–Crippen MR) is 138 cm³/mol. The summed E-state index contributed by atoms with van der Waals surface area (Å²) in [6.45, 7) is 2.74. The highest BCUT2D eigenvalue weighted by Crippen LogP contribution is 2.25. The van der Waals surface area contributed by atoms with E-state index in [1.165, 1.54) is 121 Å². The van der Waals surface area contributed by atoms with Gasteiger partial charge in [0.15, 0.2) is 11.5 Å². The van der Waals surface area contributed by atoms with E-state index < -0.39 is 0 Å². The van der Waals surface area contributed by atoms with Crippen molar-refractivity contribution in [2.45, 2.75) is 135 Å². The average molecular weight is 463 g/mol. The molecule has 4 nitrogen and oxygen atoms in total. The standard InChI is InChI=1S/C29H50O4/c1-2-3-4-5-6-7-8-9-10-11-12-13-14-15-16-17-18-19-20-23-33-29(32)25-26-21-22-27(30)28(31)24-26/h21-22,24,30-31H,2-20,23,25H2,1H3. The zero-order valence-corrected chi connectivity index (χ0v) is 21.3. The van der Waals surface area contributed by atoms with Gasteiger partial charge in [0.25, 0.3) is 0 Å². The summed E-state index contributed by atoms with van der Waals surface area (Å²) in [5.41, 5.74) is 0.642. The summed E-state index contributed by atoms with van der Waals surface area (Å²) in [6, 6.07) is 4.40. The zero-order chi connectivity index (χ0) is 24.0. The van der Waals surface area contributed by atoms with Crippen molar-refractivity contribution < 1.29 is 19.7 Å². The van der Waals surface area contributed by atoms with Crippen molar-refractivity contribution >= 4 is 5.97 Å². The molecule has 0 bridgehead atoms. The third-order valence-corrected chi connectivity index (χ3v) is 6.40. The van der Waals surface area contributed by atoms with E-state index in [2.05, 4.69) is 6.92 Å². The molecule has 0 saturated carbocycles. The van der Waals surface area contributed by atoms with Crippen LogP contribution >= 0.6 is 0 Å². The second kappa shape index (κ2) is 20.9. The van der Waals surface area contributed by atoms with Crippen LogP contribution in [0.15, 0.2) is 18.2 Å². The van der Waals surface area contributed by atoms with Crippen LogP contribution in [0.1, 0.15) is 134 Å². The van der Waals surface area contributed by atoms with Gasteiger partial charge in [-0.15, -0.1) is 0 Å². The van der Waals surface area contributed by atoms with Crippen LogP contribution in [0.4, 0.5) is 0 Å². The smallest absolute Gasteiger partial charge is 0.310 e. The first-order valence-electron chi connectivity index (χ1n) is 13.8. The van der Waals surface area contributed by atoms with Crippen molar-refractivity contribution in [3.63, 3.8) is 0 Å². The number of ether oxygens (including phenoxy) is 1. The summed E-state index contributed by atoms with van der Waals surface area (Å²) in [6.07, 6.45) is 25.7. The number of benzene rings is 1. The molecule has 190 valence electrons. The van der Waals surface area contributed by atoms with E-state index in [-0.39, 0.29) is 23.9 Å². The molecule has 0 fully saturated rings. The Hall–Kier alpha value is -1.71. The Bertz CT molecular complexity index is 599. The minimum Gasteiger partial charge on any atom is -0.504 e. The second-order valence-electron chi connectivity index (χ2n) is 9.58. The van der Waals surface area contributed by atoms with Gasteiger partial charge in [0, 0.05) is 0 Å². The lowest BCUT2D eigenvalue weighted by Gasteiger charge is -2.06. The van der Waals surface area contributed by atoms with Gasteiger partial charge in [0.05, 0.1) is 13.0 Å². The maximum absolute atomic E-state index is 11.8. The first kappa shape index (κ1) is 29.3. The molecule has 0 aromatic heterocycles. The van der Waals surface area contributed by atoms with Gasteiger partial charge in [-0.05, 0) is 24.1 Å². The summed E-state index contributed by atoms with van der Waals surface area (Å²) >= 11 is 0. The Labute approximate surface area is 203 Å². The number of unbranched alkanes of at least 4 members (excludes halogenated alkanes) is 18. The largest absolute Gasteiger partial charge is 0.504 e. The van der Waals surface area contributed by atoms with Gasteiger partial charge in [0.2, 0.25) is 0 Å². The van der Waals surface area contributed by atoms with Crippen molar-refractivity contribution in [1.82, 2.24) is 0 Å². The van der Waals surface area contributed by atoms with Crippen molar-refractivity contribution in [2.75, 3.05) is 6.61 Å². The van der Waals surface area contributed by atoms with E-state index in [4.69, 9.17) is 4.74 Å². The number of hydrogen-bond donors (Lipinski definition) is 2. The number of phenols is 2. The Morgan fingerprint density at radius 3 is 1.48 bits per heavy atom. The number of esters is 1. The Kier molecular flexibility index (Phi) is 18.5. The van der Waals surface area contributed by atoms with Crippen LogP contribution < -0.4 is 0 Å². The van der Waals surface area contributed by atoms with Crippen LogP contribution in [0.25, 0.3) is 0 Å². The van der Waals surface area contributed by atoms with Crippen molar-refractivity contribution in [3.05, 3.63) is 23.8 Å². The first-order chi connectivity index (χ1) is 16.1. The fourth-order valence-electron chi connectivity index (χ4n) is 4.26. The third-order valence-electron chi connectivity index (χ3n) is 6.40. The molecule has 1 rings (SSSR count). The molecule has 0 aliphatic carbocycles. The normalized spacial score (nSPS) is 11.1. The van der Waals surface area contributed by atoms with Gasteiger partial charge in [-0.25, -0.2) is 0 Å². The van der Waals surface area contributed by atoms with E-state index in [0.717, 1.165) is 12.8 Å². The van der Waals surface area contributed by atoms with Crippen molar-refractivity contribution in [1.29, 1.82) is 0 Å². The molecule has 0 atom stereocenters. The van der Waals surface area contributed by atoms with Gasteiger partial charge in [-0.3, -0.25) is 4.79 Å². The summed E-state index contributed by atoms with van der Waals surface area (Å²) in [5, 5.41) is 18.8. The van der Waals surface area contributed by atoms with Crippen LogP contribution in [0, 0.1) is 0 Å². The van der Waals surface area contributed by atoms with Gasteiger partial charge in [-0.2, -0.15) is 0 Å². The van der Waals surface area contributed by atoms with Gasteiger partial charge in [-0.1, -0.05) is 129 Å². The second-order valence-corrected chi connectivity index (χ2v) is 9.58. The van der Waals surface area contributed by atoms with Crippen LogP contribution in [-0.2, 0) is 16.0 Å². The fourth-order valence-corrected chi connectivity index (χ4v) is 4.26. The molecule has 0 unspecified atom stereocenters. The summed E-state index contributed by atoms with van der Waals surface area (Å²) in [4.78, 5) is 11.8. The minimum absolute atomic E-state index is 0.118. The molecular weight excluding hydrogens is 412 g/mol. The lowest BCUT2D eigenvalue weighted by atomic mass is 10.0. The van der Waals surface area contributed by atoms with Crippen molar-refractivity contribution in [3.8, 4) is 11.5 Å². The highest BCUT2D eigenvalue weighted by molar-refractivity contribution is 5.72. The van der Waals surface area contributed by atoms with Crippen molar-refractivity contribution in [2.24, 2.45) is 0 Å². The SMILES string of the molecule is CCCCCCCCCCCCCCCCCCCCCOC(=O)Cc1ccc(O)c(O)c1. The topological polar surface area (TPSA) is 66.8 Å². The highest BCUT2D eigenvalue weighted by atomic mass is 16.5.